The smallest absolute Gasteiger partial charge is 0.269 e. The lowest BCUT2D eigenvalue weighted by molar-refractivity contribution is -0.384. The molecule has 5 rings (SSSR count). The molecule has 0 radical (unpaired) electrons. The Morgan fingerprint density at radius 2 is 1.72 bits per heavy atom. The minimum absolute atomic E-state index is 0.104. The molecule has 2 aromatic carbocycles. The quantitative estimate of drug-likeness (QED) is 0.284. The van der Waals surface area contributed by atoms with Gasteiger partial charge in [-0.05, 0) is 62.4 Å². The van der Waals surface area contributed by atoms with Gasteiger partial charge in [-0.3, -0.25) is 24.6 Å². The molecule has 0 N–H and O–H groups in total. The number of rotatable bonds is 6. The molecule has 0 bridgehead atoms. The maximum absolute atomic E-state index is 14.0. The van der Waals surface area contributed by atoms with Crippen LogP contribution in [-0.4, -0.2) is 38.8 Å². The van der Waals surface area contributed by atoms with Crippen LogP contribution in [0.3, 0.4) is 0 Å². The first kappa shape index (κ1) is 23.1. The van der Waals surface area contributed by atoms with Gasteiger partial charge >= 0.3 is 0 Å². The number of hydrogen-bond acceptors (Lipinski definition) is 5. The second-order valence-electron chi connectivity index (χ2n) is 8.80. The molecule has 2 amide bonds. The molecule has 3 heterocycles. The van der Waals surface area contributed by atoms with E-state index < -0.39 is 11.0 Å². The van der Waals surface area contributed by atoms with Gasteiger partial charge in [0.05, 0.1) is 28.3 Å². The van der Waals surface area contributed by atoms with E-state index in [0.29, 0.717) is 11.4 Å². The summed E-state index contributed by atoms with van der Waals surface area (Å²) in [6, 6.07) is 19.7. The number of carbonyl (C=O) groups is 2. The van der Waals surface area contributed by atoms with Gasteiger partial charge in [-0.2, -0.15) is 0 Å². The van der Waals surface area contributed by atoms with Crippen molar-refractivity contribution in [2.75, 3.05) is 11.4 Å². The molecule has 0 spiro atoms. The summed E-state index contributed by atoms with van der Waals surface area (Å²) in [6.45, 7) is 3.48. The monoisotopic (exact) mass is 484 g/mol. The van der Waals surface area contributed by atoms with Crippen molar-refractivity contribution in [2.45, 2.75) is 25.9 Å². The zero-order valence-electron chi connectivity index (χ0n) is 19.8. The maximum Gasteiger partial charge on any atom is 0.269 e. The average molecular weight is 485 g/mol. The average Bonchev–Trinajstić information content (AvgIpc) is 3.58. The van der Waals surface area contributed by atoms with Crippen LogP contribution in [0.5, 0.6) is 0 Å². The number of nitrogens with zero attached hydrogens (tertiary/aromatic N) is 4. The van der Waals surface area contributed by atoms with Gasteiger partial charge in [-0.25, -0.2) is 0 Å². The minimum atomic E-state index is -0.517. The lowest BCUT2D eigenvalue weighted by atomic mass is 10.0. The summed E-state index contributed by atoms with van der Waals surface area (Å²) in [4.78, 5) is 41.0. The van der Waals surface area contributed by atoms with Crippen molar-refractivity contribution in [1.82, 2.24) is 9.47 Å². The SMILES string of the molecule is CC(C)N(CC(=O)N1c2ccccc2-n2cccc2C1c1ccco1)C(=O)c1ccc([N+](=O)[O-])cc1. The number of non-ortho nitro benzene ring substituents is 1. The van der Waals surface area contributed by atoms with Crippen molar-refractivity contribution in [3.8, 4) is 5.69 Å². The summed E-state index contributed by atoms with van der Waals surface area (Å²) in [7, 11) is 0. The van der Waals surface area contributed by atoms with Crippen molar-refractivity contribution in [2.24, 2.45) is 0 Å². The van der Waals surface area contributed by atoms with Crippen LogP contribution in [0.1, 0.15) is 41.7 Å². The third-order valence-electron chi connectivity index (χ3n) is 6.32. The molecular weight excluding hydrogens is 460 g/mol. The lowest BCUT2D eigenvalue weighted by Gasteiger charge is -2.38. The molecule has 0 fully saturated rings. The summed E-state index contributed by atoms with van der Waals surface area (Å²) in [5.74, 6) is -0.0488. The van der Waals surface area contributed by atoms with E-state index in [9.17, 15) is 19.7 Å². The molecule has 2 aromatic heterocycles. The van der Waals surface area contributed by atoms with E-state index in [1.807, 2.05) is 67.1 Å². The first-order valence-corrected chi connectivity index (χ1v) is 11.5. The number of benzene rings is 2. The number of anilines is 1. The topological polar surface area (TPSA) is 102 Å². The van der Waals surface area contributed by atoms with E-state index in [4.69, 9.17) is 4.42 Å². The van der Waals surface area contributed by atoms with Gasteiger partial charge in [-0.1, -0.05) is 12.1 Å². The maximum atomic E-state index is 14.0. The fourth-order valence-electron chi connectivity index (χ4n) is 4.58. The molecule has 4 aromatic rings. The highest BCUT2D eigenvalue weighted by atomic mass is 16.6. The molecule has 1 aliphatic rings. The van der Waals surface area contributed by atoms with Gasteiger partial charge in [0.1, 0.15) is 18.3 Å². The summed E-state index contributed by atoms with van der Waals surface area (Å²) in [5.41, 5.74) is 2.60. The van der Waals surface area contributed by atoms with E-state index in [0.717, 1.165) is 11.4 Å². The first-order chi connectivity index (χ1) is 17.4. The largest absolute Gasteiger partial charge is 0.467 e. The van der Waals surface area contributed by atoms with Crippen molar-refractivity contribution in [3.63, 3.8) is 0 Å². The predicted octanol–water partition coefficient (Wildman–Crippen LogP) is 4.97. The highest BCUT2D eigenvalue weighted by Crippen LogP contribution is 2.42. The minimum Gasteiger partial charge on any atom is -0.467 e. The van der Waals surface area contributed by atoms with E-state index in [1.165, 1.54) is 29.2 Å². The van der Waals surface area contributed by atoms with E-state index in [1.54, 1.807) is 17.2 Å². The van der Waals surface area contributed by atoms with Crippen molar-refractivity contribution in [3.05, 3.63) is 112 Å². The molecular formula is C27H24N4O5. The fraction of sp³-hybridized carbons (Fsp3) is 0.185. The molecule has 0 aliphatic carbocycles. The van der Waals surface area contributed by atoms with Crippen LogP contribution in [0.2, 0.25) is 0 Å². The number of hydrogen-bond donors (Lipinski definition) is 0. The third kappa shape index (κ3) is 3.94. The number of carbonyl (C=O) groups excluding carboxylic acids is 2. The van der Waals surface area contributed by atoms with Gasteiger partial charge in [0.15, 0.2) is 0 Å². The number of amides is 2. The fourth-order valence-corrected chi connectivity index (χ4v) is 4.58. The molecule has 1 aliphatic heterocycles. The number of nitro groups is 1. The number of fused-ring (bicyclic) bond motifs is 3. The van der Waals surface area contributed by atoms with Crippen LogP contribution >= 0.6 is 0 Å². The number of furan rings is 1. The predicted molar refractivity (Wildman–Crippen MR) is 133 cm³/mol. The molecule has 0 saturated carbocycles. The number of aromatic nitrogens is 1. The summed E-state index contributed by atoms with van der Waals surface area (Å²) < 4.78 is 7.79. The summed E-state index contributed by atoms with van der Waals surface area (Å²) in [6.07, 6.45) is 3.52. The normalized spacial score (nSPS) is 14.3. The Kier molecular flexibility index (Phi) is 5.89. The molecule has 9 heteroatoms. The van der Waals surface area contributed by atoms with Gasteiger partial charge in [0.2, 0.25) is 5.91 Å². The number of nitro benzene ring substituents is 1. The Hall–Kier alpha value is -4.66. The van der Waals surface area contributed by atoms with Crippen LogP contribution in [0.4, 0.5) is 11.4 Å². The lowest BCUT2D eigenvalue weighted by Crippen LogP contribution is -2.48. The van der Waals surface area contributed by atoms with E-state index in [2.05, 4.69) is 0 Å². The van der Waals surface area contributed by atoms with Crippen LogP contribution in [0.25, 0.3) is 5.69 Å². The molecule has 9 nitrogen and oxygen atoms in total. The van der Waals surface area contributed by atoms with Crippen LogP contribution in [0.15, 0.2) is 89.7 Å². The second-order valence-corrected chi connectivity index (χ2v) is 8.80. The third-order valence-corrected chi connectivity index (χ3v) is 6.32. The Balaban J connectivity index is 1.51. The van der Waals surface area contributed by atoms with Crippen LogP contribution in [-0.2, 0) is 4.79 Å². The summed E-state index contributed by atoms with van der Waals surface area (Å²) >= 11 is 0. The Morgan fingerprint density at radius 1 is 1.00 bits per heavy atom. The van der Waals surface area contributed by atoms with Crippen LogP contribution in [0, 0.1) is 10.1 Å². The standard InChI is InChI=1S/C27H24N4O5/c1-18(2)29(27(33)19-11-13-20(14-12-19)31(34)35)17-25(32)30-22-8-4-3-7-21(22)28-15-5-9-23(28)26(30)24-10-6-16-36-24/h3-16,18,26H,17H2,1-2H3. The molecule has 182 valence electrons. The number of para-hydroxylation sites is 2. The highest BCUT2D eigenvalue weighted by Gasteiger charge is 2.38. The van der Waals surface area contributed by atoms with Gasteiger partial charge in [-0.15, -0.1) is 0 Å². The molecule has 36 heavy (non-hydrogen) atoms. The Bertz CT molecular complexity index is 1420. The second kappa shape index (κ2) is 9.18. The van der Waals surface area contributed by atoms with Gasteiger partial charge < -0.3 is 13.9 Å². The van der Waals surface area contributed by atoms with Crippen molar-refractivity contribution >= 4 is 23.2 Å². The van der Waals surface area contributed by atoms with Crippen molar-refractivity contribution in [1.29, 1.82) is 0 Å². The molecule has 1 unspecified atom stereocenters. The van der Waals surface area contributed by atoms with E-state index in [-0.39, 0.29) is 35.7 Å². The van der Waals surface area contributed by atoms with Crippen molar-refractivity contribution < 1.29 is 18.9 Å². The van der Waals surface area contributed by atoms with Gasteiger partial charge in [0.25, 0.3) is 11.6 Å². The Labute approximate surface area is 207 Å². The summed E-state index contributed by atoms with van der Waals surface area (Å²) in [5, 5.41) is 11.0. The van der Waals surface area contributed by atoms with Crippen LogP contribution < -0.4 is 4.90 Å². The first-order valence-electron chi connectivity index (χ1n) is 11.5. The zero-order valence-corrected chi connectivity index (χ0v) is 19.8. The molecule has 1 atom stereocenters. The molecule has 0 saturated heterocycles. The Morgan fingerprint density at radius 3 is 2.36 bits per heavy atom. The van der Waals surface area contributed by atoms with Gasteiger partial charge in [0, 0.05) is 29.9 Å². The van der Waals surface area contributed by atoms with E-state index >= 15 is 0 Å². The zero-order chi connectivity index (χ0) is 25.4. The highest BCUT2D eigenvalue weighted by molar-refractivity contribution is 6.02.